The lowest BCUT2D eigenvalue weighted by Crippen LogP contribution is -2.54. The van der Waals surface area contributed by atoms with E-state index in [-0.39, 0.29) is 5.91 Å². The quantitative estimate of drug-likeness (QED) is 0.658. The van der Waals surface area contributed by atoms with Gasteiger partial charge >= 0.3 is 0 Å². The number of piperazine rings is 1. The Hall–Kier alpha value is -0.610. The van der Waals surface area contributed by atoms with Gasteiger partial charge in [0.15, 0.2) is 0 Å². The zero-order valence-corrected chi connectivity index (χ0v) is 8.83. The molecule has 2 N–H and O–H groups in total. The fraction of sp³-hybridized carbons (Fsp3) is 0.900. The normalized spacial score (nSPS) is 26.3. The predicted molar refractivity (Wildman–Crippen MR) is 54.8 cm³/mol. The van der Waals surface area contributed by atoms with E-state index in [0.29, 0.717) is 0 Å². The van der Waals surface area contributed by atoms with Crippen molar-refractivity contribution in [3.05, 3.63) is 0 Å². The Morgan fingerprint density at radius 2 is 1.86 bits per heavy atom. The lowest BCUT2D eigenvalue weighted by molar-refractivity contribution is -0.135. The number of amides is 1. The summed E-state index contributed by atoms with van der Waals surface area (Å²) in [6, 6.07) is 0. The molecule has 4 nitrogen and oxygen atoms in total. The van der Waals surface area contributed by atoms with Gasteiger partial charge in [-0.1, -0.05) is 6.92 Å². The molecule has 80 valence electrons. The molecule has 1 saturated carbocycles. The average Bonchev–Trinajstić information content (AvgIpc) is 2.97. The van der Waals surface area contributed by atoms with Crippen LogP contribution in [0.5, 0.6) is 0 Å². The Kier molecular flexibility index (Phi) is 2.49. The lowest BCUT2D eigenvalue weighted by atomic mass is 10.2. The van der Waals surface area contributed by atoms with Gasteiger partial charge < -0.3 is 15.5 Å². The first-order chi connectivity index (χ1) is 6.65. The molecule has 1 heterocycles. The minimum atomic E-state index is -0.478. The molecule has 0 aromatic heterocycles. The van der Waals surface area contributed by atoms with Crippen molar-refractivity contribution in [2.75, 3.05) is 32.7 Å². The highest BCUT2D eigenvalue weighted by Gasteiger charge is 2.48. The first-order valence-electron chi connectivity index (χ1n) is 5.46. The minimum absolute atomic E-state index is 0.174. The number of rotatable bonds is 2. The molecule has 1 amide bonds. The Bertz CT molecular complexity index is 230. The summed E-state index contributed by atoms with van der Waals surface area (Å²) < 4.78 is 0. The first kappa shape index (κ1) is 9.93. The van der Waals surface area contributed by atoms with Gasteiger partial charge in [0, 0.05) is 26.2 Å². The molecule has 0 spiro atoms. The fourth-order valence-electron chi connectivity index (χ4n) is 1.93. The molecule has 4 heteroatoms. The van der Waals surface area contributed by atoms with E-state index in [9.17, 15) is 4.79 Å². The van der Waals surface area contributed by atoms with Gasteiger partial charge in [0.25, 0.3) is 0 Å². The molecule has 0 radical (unpaired) electrons. The second-order valence-corrected chi connectivity index (χ2v) is 4.38. The van der Waals surface area contributed by atoms with Crippen molar-refractivity contribution in [3.8, 4) is 0 Å². The third kappa shape index (κ3) is 1.77. The number of carbonyl (C=O) groups excluding carboxylic acids is 1. The summed E-state index contributed by atoms with van der Waals surface area (Å²) in [7, 11) is 0. The summed E-state index contributed by atoms with van der Waals surface area (Å²) in [4.78, 5) is 16.2. The molecule has 0 aromatic carbocycles. The van der Waals surface area contributed by atoms with Gasteiger partial charge in [0.1, 0.15) is 0 Å². The van der Waals surface area contributed by atoms with Crippen LogP contribution < -0.4 is 5.73 Å². The molecule has 1 aliphatic carbocycles. The number of likely N-dealkylation sites (N-methyl/N-ethyl adjacent to an activating group) is 1. The first-order valence-corrected chi connectivity index (χ1v) is 5.46. The molecule has 0 bridgehead atoms. The summed E-state index contributed by atoms with van der Waals surface area (Å²) in [6.07, 6.45) is 1.75. The largest absolute Gasteiger partial charge is 0.339 e. The van der Waals surface area contributed by atoms with Crippen molar-refractivity contribution in [3.63, 3.8) is 0 Å². The zero-order chi connectivity index (χ0) is 10.2. The molecule has 0 unspecified atom stereocenters. The SMILES string of the molecule is CCN1CCN(C(=O)C2(N)CC2)CC1. The topological polar surface area (TPSA) is 49.6 Å². The molecular weight excluding hydrogens is 178 g/mol. The third-order valence-electron chi connectivity index (χ3n) is 3.32. The maximum Gasteiger partial charge on any atom is 0.242 e. The summed E-state index contributed by atoms with van der Waals surface area (Å²) in [5.41, 5.74) is 5.41. The Balaban J connectivity index is 1.86. The van der Waals surface area contributed by atoms with Gasteiger partial charge in [-0.25, -0.2) is 0 Å². The van der Waals surface area contributed by atoms with Crippen molar-refractivity contribution in [1.82, 2.24) is 9.80 Å². The van der Waals surface area contributed by atoms with Crippen LogP contribution in [0.4, 0.5) is 0 Å². The number of carbonyl (C=O) groups is 1. The predicted octanol–water partition coefficient (Wildman–Crippen LogP) is -0.358. The standard InChI is InChI=1S/C10H19N3O/c1-2-12-5-7-13(8-6-12)9(14)10(11)3-4-10/h2-8,11H2,1H3. The summed E-state index contributed by atoms with van der Waals surface area (Å²) >= 11 is 0. The Labute approximate surface area is 85.0 Å². The number of nitrogens with zero attached hydrogens (tertiary/aromatic N) is 2. The van der Waals surface area contributed by atoms with Crippen molar-refractivity contribution in [1.29, 1.82) is 0 Å². The van der Waals surface area contributed by atoms with Crippen LogP contribution in [0.3, 0.4) is 0 Å². The lowest BCUT2D eigenvalue weighted by Gasteiger charge is -2.35. The van der Waals surface area contributed by atoms with Crippen LogP contribution in [0.15, 0.2) is 0 Å². The van der Waals surface area contributed by atoms with Gasteiger partial charge in [0.05, 0.1) is 5.54 Å². The van der Waals surface area contributed by atoms with Gasteiger partial charge in [-0.2, -0.15) is 0 Å². The Morgan fingerprint density at radius 1 is 1.29 bits per heavy atom. The van der Waals surface area contributed by atoms with Gasteiger partial charge in [-0.05, 0) is 19.4 Å². The third-order valence-corrected chi connectivity index (χ3v) is 3.32. The summed E-state index contributed by atoms with van der Waals surface area (Å²) in [5.74, 6) is 0.174. The number of hydrogen-bond acceptors (Lipinski definition) is 3. The van der Waals surface area contributed by atoms with Crippen LogP contribution in [0.25, 0.3) is 0 Å². The fourth-order valence-corrected chi connectivity index (χ4v) is 1.93. The maximum atomic E-state index is 11.9. The van der Waals surface area contributed by atoms with E-state index in [2.05, 4.69) is 11.8 Å². The summed E-state index contributed by atoms with van der Waals surface area (Å²) in [6.45, 7) is 6.94. The van der Waals surface area contributed by atoms with E-state index < -0.39 is 5.54 Å². The molecule has 0 aromatic rings. The van der Waals surface area contributed by atoms with E-state index in [1.54, 1.807) is 0 Å². The van der Waals surface area contributed by atoms with Crippen LogP contribution in [-0.2, 0) is 4.79 Å². The monoisotopic (exact) mass is 197 g/mol. The van der Waals surface area contributed by atoms with E-state index in [1.165, 1.54) is 0 Å². The van der Waals surface area contributed by atoms with Gasteiger partial charge in [-0.3, -0.25) is 4.79 Å². The number of hydrogen-bond donors (Lipinski definition) is 1. The van der Waals surface area contributed by atoms with E-state index in [4.69, 9.17) is 5.73 Å². The highest BCUT2D eigenvalue weighted by atomic mass is 16.2. The molecule has 1 saturated heterocycles. The molecular formula is C10H19N3O. The second kappa shape index (κ2) is 3.51. The molecule has 1 aliphatic heterocycles. The highest BCUT2D eigenvalue weighted by molar-refractivity contribution is 5.89. The van der Waals surface area contributed by atoms with Crippen molar-refractivity contribution in [2.45, 2.75) is 25.3 Å². The zero-order valence-electron chi connectivity index (χ0n) is 8.83. The van der Waals surface area contributed by atoms with Crippen molar-refractivity contribution >= 4 is 5.91 Å². The molecule has 0 atom stereocenters. The van der Waals surface area contributed by atoms with Gasteiger partial charge in [0.2, 0.25) is 5.91 Å². The van der Waals surface area contributed by atoms with E-state index >= 15 is 0 Å². The van der Waals surface area contributed by atoms with Crippen LogP contribution in [0, 0.1) is 0 Å². The number of nitrogens with two attached hydrogens (primary N) is 1. The van der Waals surface area contributed by atoms with Crippen LogP contribution in [-0.4, -0.2) is 54.0 Å². The molecule has 2 fully saturated rings. The van der Waals surface area contributed by atoms with E-state index in [1.807, 2.05) is 4.90 Å². The second-order valence-electron chi connectivity index (χ2n) is 4.38. The summed E-state index contributed by atoms with van der Waals surface area (Å²) in [5, 5.41) is 0. The van der Waals surface area contributed by atoms with Crippen LogP contribution >= 0.6 is 0 Å². The molecule has 14 heavy (non-hydrogen) atoms. The van der Waals surface area contributed by atoms with Crippen molar-refractivity contribution in [2.24, 2.45) is 5.73 Å². The smallest absolute Gasteiger partial charge is 0.242 e. The minimum Gasteiger partial charge on any atom is -0.339 e. The Morgan fingerprint density at radius 3 is 2.29 bits per heavy atom. The van der Waals surface area contributed by atoms with Crippen molar-refractivity contribution < 1.29 is 4.79 Å². The molecule has 2 rings (SSSR count). The van der Waals surface area contributed by atoms with E-state index in [0.717, 1.165) is 45.6 Å². The molecule has 2 aliphatic rings. The van der Waals surface area contributed by atoms with Crippen LogP contribution in [0.1, 0.15) is 19.8 Å². The average molecular weight is 197 g/mol. The highest BCUT2D eigenvalue weighted by Crippen LogP contribution is 2.34. The van der Waals surface area contributed by atoms with Gasteiger partial charge in [-0.15, -0.1) is 0 Å². The van der Waals surface area contributed by atoms with Crippen LogP contribution in [0.2, 0.25) is 0 Å². The maximum absolute atomic E-state index is 11.9.